The van der Waals surface area contributed by atoms with Crippen LogP contribution in [0, 0.1) is 15.5 Å². The molecule has 3 unspecified atom stereocenters. The van der Waals surface area contributed by atoms with E-state index in [2.05, 4.69) is 5.32 Å². The van der Waals surface area contributed by atoms with Crippen LogP contribution in [0.1, 0.15) is 44.1 Å². The van der Waals surface area contributed by atoms with Crippen LogP contribution in [-0.2, 0) is 4.79 Å². The van der Waals surface area contributed by atoms with Gasteiger partial charge in [-0.3, -0.25) is 15.5 Å². The van der Waals surface area contributed by atoms with Crippen molar-refractivity contribution in [3.05, 3.63) is 46.0 Å². The molecule has 1 aliphatic rings. The molecule has 1 aromatic rings. The molecule has 3 N–H and O–H groups in total. The molecule has 1 aliphatic heterocycles. The number of hydrogen-bond donors (Lipinski definition) is 3. The summed E-state index contributed by atoms with van der Waals surface area (Å²) in [4.78, 5) is 19.9. The first-order valence-corrected chi connectivity index (χ1v) is 8.36. The Labute approximate surface area is 154 Å². The molecule has 1 heterocycles. The van der Waals surface area contributed by atoms with E-state index < -0.39 is 18.2 Å². The number of carboxylic acids is 1. The third-order valence-corrected chi connectivity index (χ3v) is 4.26. The normalized spacial score (nSPS) is 19.6. The number of carbonyl (C=O) groups is 1. The topological polar surface area (TPSA) is 116 Å². The molecule has 2 rings (SSSR count). The standard InChI is InChI=1S/C15H21N3O2.C2HF3O2/c1-11(18(19)20)15(12-7-3-2-4-8-12)13-9-5-6-10-14(16)17-13;3-2(4,5)1(6)7/h2-4,7-8,11,13,15H,5-6,9-10H2,1H3,(H2,16,17);(H,6,7). The second-order valence-electron chi connectivity index (χ2n) is 6.24. The highest BCUT2D eigenvalue weighted by Gasteiger charge is 2.38. The zero-order valence-corrected chi connectivity index (χ0v) is 14.7. The molecule has 1 saturated heterocycles. The smallest absolute Gasteiger partial charge is 0.475 e. The zero-order valence-electron chi connectivity index (χ0n) is 14.7. The van der Waals surface area contributed by atoms with Crippen LogP contribution >= 0.6 is 0 Å². The molecule has 0 spiro atoms. The summed E-state index contributed by atoms with van der Waals surface area (Å²) in [6.07, 6.45) is -1.48. The van der Waals surface area contributed by atoms with Gasteiger partial charge in [-0.25, -0.2) is 4.79 Å². The molecule has 27 heavy (non-hydrogen) atoms. The van der Waals surface area contributed by atoms with E-state index in [1.807, 2.05) is 30.3 Å². The number of amidine groups is 1. The van der Waals surface area contributed by atoms with Crippen molar-refractivity contribution in [2.45, 2.75) is 56.8 Å². The van der Waals surface area contributed by atoms with Crippen molar-refractivity contribution in [1.29, 1.82) is 5.41 Å². The number of halogens is 3. The van der Waals surface area contributed by atoms with Crippen LogP contribution in [-0.4, -0.2) is 40.1 Å². The zero-order chi connectivity index (χ0) is 20.6. The predicted molar refractivity (Wildman–Crippen MR) is 92.4 cm³/mol. The summed E-state index contributed by atoms with van der Waals surface area (Å²) < 4.78 is 31.7. The van der Waals surface area contributed by atoms with Crippen molar-refractivity contribution in [3.63, 3.8) is 0 Å². The van der Waals surface area contributed by atoms with E-state index in [0.29, 0.717) is 5.84 Å². The SMILES string of the molecule is CC(C(c1ccccc1)C1CCCCC(=N)N1)[N+](=O)[O-].O=C(O)C(F)(F)F. The first-order valence-electron chi connectivity index (χ1n) is 8.36. The molecule has 7 nitrogen and oxygen atoms in total. The highest BCUT2D eigenvalue weighted by molar-refractivity contribution is 5.79. The van der Waals surface area contributed by atoms with Crippen LogP contribution in [0.15, 0.2) is 30.3 Å². The highest BCUT2D eigenvalue weighted by Crippen LogP contribution is 2.29. The Bertz CT molecular complexity index is 653. The van der Waals surface area contributed by atoms with Gasteiger partial charge in [-0.2, -0.15) is 13.2 Å². The number of aliphatic carboxylic acids is 1. The maximum absolute atomic E-state index is 11.2. The fourth-order valence-corrected chi connectivity index (χ4v) is 2.96. The second kappa shape index (κ2) is 9.89. The van der Waals surface area contributed by atoms with E-state index in [1.54, 1.807) is 6.92 Å². The van der Waals surface area contributed by atoms with E-state index in [4.69, 9.17) is 15.3 Å². The minimum absolute atomic E-state index is 0.0344. The summed E-state index contributed by atoms with van der Waals surface area (Å²) in [5.41, 5.74) is 0.976. The molecular formula is C17H22F3N3O4. The number of nitrogens with zero attached hydrogens (tertiary/aromatic N) is 1. The molecular weight excluding hydrogens is 367 g/mol. The minimum Gasteiger partial charge on any atom is -0.475 e. The summed E-state index contributed by atoms with van der Waals surface area (Å²) in [7, 11) is 0. The van der Waals surface area contributed by atoms with Crippen LogP contribution in [0.5, 0.6) is 0 Å². The average molecular weight is 389 g/mol. The summed E-state index contributed by atoms with van der Waals surface area (Å²) in [5.74, 6) is -2.46. The third-order valence-electron chi connectivity index (χ3n) is 4.26. The lowest BCUT2D eigenvalue weighted by Crippen LogP contribution is -2.43. The quantitative estimate of drug-likeness (QED) is 0.538. The van der Waals surface area contributed by atoms with E-state index in [1.165, 1.54) is 0 Å². The Balaban J connectivity index is 0.000000445. The van der Waals surface area contributed by atoms with Crippen LogP contribution in [0.2, 0.25) is 0 Å². The Morgan fingerprint density at radius 2 is 1.89 bits per heavy atom. The number of alkyl halides is 3. The predicted octanol–water partition coefficient (Wildman–Crippen LogP) is 3.58. The molecule has 0 bridgehead atoms. The number of carboxylic acid groups (broad SMARTS) is 1. The first kappa shape index (κ1) is 22.4. The fraction of sp³-hybridized carbons (Fsp3) is 0.529. The van der Waals surface area contributed by atoms with Crippen molar-refractivity contribution < 1.29 is 28.0 Å². The van der Waals surface area contributed by atoms with Crippen LogP contribution in [0.25, 0.3) is 0 Å². The molecule has 0 radical (unpaired) electrons. The van der Waals surface area contributed by atoms with E-state index in [-0.39, 0.29) is 16.9 Å². The van der Waals surface area contributed by atoms with E-state index >= 15 is 0 Å². The van der Waals surface area contributed by atoms with Gasteiger partial charge in [0.1, 0.15) is 0 Å². The largest absolute Gasteiger partial charge is 0.490 e. The van der Waals surface area contributed by atoms with Gasteiger partial charge in [0.2, 0.25) is 6.04 Å². The van der Waals surface area contributed by atoms with Gasteiger partial charge in [-0.1, -0.05) is 36.8 Å². The van der Waals surface area contributed by atoms with Gasteiger partial charge in [0.25, 0.3) is 0 Å². The van der Waals surface area contributed by atoms with Gasteiger partial charge in [-0.05, 0) is 18.4 Å². The highest BCUT2D eigenvalue weighted by atomic mass is 19.4. The molecule has 0 saturated carbocycles. The fourth-order valence-electron chi connectivity index (χ4n) is 2.96. The van der Waals surface area contributed by atoms with Crippen molar-refractivity contribution >= 4 is 11.8 Å². The Morgan fingerprint density at radius 3 is 2.37 bits per heavy atom. The molecule has 10 heteroatoms. The van der Waals surface area contributed by atoms with Gasteiger partial charge < -0.3 is 10.4 Å². The molecule has 0 aromatic heterocycles. The molecule has 150 valence electrons. The van der Waals surface area contributed by atoms with E-state index in [9.17, 15) is 23.3 Å². The second-order valence-corrected chi connectivity index (χ2v) is 6.24. The lowest BCUT2D eigenvalue weighted by atomic mass is 9.84. The number of nitro groups is 1. The molecule has 1 fully saturated rings. The van der Waals surface area contributed by atoms with Gasteiger partial charge in [0.15, 0.2) is 0 Å². The number of hydrogen-bond acceptors (Lipinski definition) is 4. The minimum atomic E-state index is -5.08. The Kier molecular flexibility index (Phi) is 8.20. The lowest BCUT2D eigenvalue weighted by Gasteiger charge is -2.28. The number of benzene rings is 1. The molecule has 1 aromatic carbocycles. The van der Waals surface area contributed by atoms with Crippen molar-refractivity contribution in [1.82, 2.24) is 5.32 Å². The molecule has 3 atom stereocenters. The van der Waals surface area contributed by atoms with Gasteiger partial charge in [0, 0.05) is 24.3 Å². The number of nitrogens with one attached hydrogen (secondary N) is 2. The average Bonchev–Trinajstić information content (AvgIpc) is 2.80. The van der Waals surface area contributed by atoms with Gasteiger partial charge in [0.05, 0.1) is 11.8 Å². The van der Waals surface area contributed by atoms with Crippen LogP contribution in [0.4, 0.5) is 13.2 Å². The van der Waals surface area contributed by atoms with Crippen molar-refractivity contribution in [2.75, 3.05) is 0 Å². The Morgan fingerprint density at radius 1 is 1.33 bits per heavy atom. The van der Waals surface area contributed by atoms with Crippen LogP contribution < -0.4 is 5.32 Å². The molecule has 0 aliphatic carbocycles. The van der Waals surface area contributed by atoms with E-state index in [0.717, 1.165) is 31.2 Å². The summed E-state index contributed by atoms with van der Waals surface area (Å²) in [6.45, 7) is 1.66. The Hall–Kier alpha value is -2.65. The monoisotopic (exact) mass is 389 g/mol. The lowest BCUT2D eigenvalue weighted by molar-refractivity contribution is -0.523. The van der Waals surface area contributed by atoms with Crippen molar-refractivity contribution in [3.8, 4) is 0 Å². The molecule has 0 amide bonds. The maximum Gasteiger partial charge on any atom is 0.490 e. The summed E-state index contributed by atoms with van der Waals surface area (Å²) in [6, 6.07) is 8.93. The maximum atomic E-state index is 11.2. The third kappa shape index (κ3) is 7.24. The summed E-state index contributed by atoms with van der Waals surface area (Å²) >= 11 is 0. The van der Waals surface area contributed by atoms with Gasteiger partial charge in [-0.15, -0.1) is 0 Å². The van der Waals surface area contributed by atoms with Crippen LogP contribution in [0.3, 0.4) is 0 Å². The first-order chi connectivity index (χ1) is 12.5. The number of rotatable bonds is 4. The van der Waals surface area contributed by atoms with Crippen molar-refractivity contribution in [2.24, 2.45) is 0 Å². The van der Waals surface area contributed by atoms with Gasteiger partial charge >= 0.3 is 12.1 Å². The summed E-state index contributed by atoms with van der Waals surface area (Å²) in [5, 5.41) is 29.4.